The summed E-state index contributed by atoms with van der Waals surface area (Å²) in [5.41, 5.74) is 1.42. The summed E-state index contributed by atoms with van der Waals surface area (Å²) < 4.78 is 31.5. The SMILES string of the molecule is COc1ccc(/C=C/C(=O)NCCN=C2NS(=O)(=O)c3ccccc32)cc1. The average molecular weight is 385 g/mol. The number of nitrogens with zero attached hydrogens (tertiary/aromatic N) is 1. The first-order valence-electron chi connectivity index (χ1n) is 8.26. The van der Waals surface area contributed by atoms with Crippen molar-refractivity contribution < 1.29 is 17.9 Å². The van der Waals surface area contributed by atoms with Crippen molar-refractivity contribution in [3.8, 4) is 5.75 Å². The van der Waals surface area contributed by atoms with Crippen LogP contribution in [0.25, 0.3) is 6.08 Å². The molecule has 27 heavy (non-hydrogen) atoms. The lowest BCUT2D eigenvalue weighted by Gasteiger charge is -2.02. The summed E-state index contributed by atoms with van der Waals surface area (Å²) in [5, 5.41) is 2.71. The molecule has 0 fully saturated rings. The first kappa shape index (κ1) is 18.7. The molecule has 1 aliphatic rings. The quantitative estimate of drug-likeness (QED) is 0.583. The number of hydrogen-bond donors (Lipinski definition) is 2. The Morgan fingerprint density at radius 2 is 1.93 bits per heavy atom. The molecule has 0 aromatic heterocycles. The van der Waals surface area contributed by atoms with Gasteiger partial charge in [0, 0.05) is 18.2 Å². The third kappa shape index (κ3) is 4.53. The first-order chi connectivity index (χ1) is 13.0. The van der Waals surface area contributed by atoms with Crippen LogP contribution in [0, 0.1) is 0 Å². The van der Waals surface area contributed by atoms with Crippen LogP contribution >= 0.6 is 0 Å². The standard InChI is InChI=1S/C19H19N3O4S/c1-26-15-9-6-14(7-10-15)8-11-18(23)20-12-13-21-19-16-4-2-3-5-17(16)27(24,25)22-19/h2-11H,12-13H2,1H3,(H,20,23)(H,21,22)/b11-8+. The minimum atomic E-state index is -3.54. The topological polar surface area (TPSA) is 96.9 Å². The number of nitrogens with one attached hydrogen (secondary N) is 2. The van der Waals surface area contributed by atoms with E-state index in [1.165, 1.54) is 12.1 Å². The minimum absolute atomic E-state index is 0.218. The molecule has 3 rings (SSSR count). The third-order valence-corrected chi connectivity index (χ3v) is 5.28. The van der Waals surface area contributed by atoms with Gasteiger partial charge in [-0.2, -0.15) is 0 Å². The van der Waals surface area contributed by atoms with Gasteiger partial charge in [0.15, 0.2) is 0 Å². The molecule has 1 aliphatic heterocycles. The summed E-state index contributed by atoms with van der Waals surface area (Å²) >= 11 is 0. The van der Waals surface area contributed by atoms with Crippen molar-refractivity contribution in [3.63, 3.8) is 0 Å². The van der Waals surface area contributed by atoms with Crippen LogP contribution in [0.5, 0.6) is 5.75 Å². The molecule has 140 valence electrons. The number of carbonyl (C=O) groups excluding carboxylic acids is 1. The number of amides is 1. The molecule has 0 spiro atoms. The smallest absolute Gasteiger partial charge is 0.263 e. The van der Waals surface area contributed by atoms with Gasteiger partial charge >= 0.3 is 0 Å². The second-order valence-electron chi connectivity index (χ2n) is 5.73. The second kappa shape index (κ2) is 8.05. The maximum atomic E-state index is 12.0. The number of ether oxygens (including phenoxy) is 1. The zero-order chi connectivity index (χ0) is 19.3. The van der Waals surface area contributed by atoms with E-state index in [2.05, 4.69) is 15.0 Å². The van der Waals surface area contributed by atoms with Crippen LogP contribution < -0.4 is 14.8 Å². The predicted octanol–water partition coefficient (Wildman–Crippen LogP) is 1.56. The molecule has 2 aromatic rings. The molecule has 2 aromatic carbocycles. The summed E-state index contributed by atoms with van der Waals surface area (Å²) in [7, 11) is -1.95. The van der Waals surface area contributed by atoms with Crippen molar-refractivity contribution in [2.45, 2.75) is 4.90 Å². The fourth-order valence-electron chi connectivity index (χ4n) is 2.54. The predicted molar refractivity (Wildman–Crippen MR) is 103 cm³/mol. The van der Waals surface area contributed by atoms with Crippen molar-refractivity contribution >= 4 is 27.8 Å². The van der Waals surface area contributed by atoms with E-state index in [0.717, 1.165) is 11.3 Å². The van der Waals surface area contributed by atoms with Gasteiger partial charge in [-0.25, -0.2) is 8.42 Å². The maximum Gasteiger partial charge on any atom is 0.263 e. The van der Waals surface area contributed by atoms with Crippen molar-refractivity contribution in [1.82, 2.24) is 10.0 Å². The summed E-state index contributed by atoms with van der Waals surface area (Å²) in [6, 6.07) is 14.0. The van der Waals surface area contributed by atoms with E-state index in [-0.39, 0.29) is 17.3 Å². The Morgan fingerprint density at radius 3 is 2.67 bits per heavy atom. The molecule has 1 heterocycles. The first-order valence-corrected chi connectivity index (χ1v) is 9.74. The van der Waals surface area contributed by atoms with Gasteiger partial charge in [-0.3, -0.25) is 14.5 Å². The van der Waals surface area contributed by atoms with E-state index < -0.39 is 10.0 Å². The molecule has 1 amide bonds. The highest BCUT2D eigenvalue weighted by molar-refractivity contribution is 7.90. The molecule has 0 bridgehead atoms. The van der Waals surface area contributed by atoms with Gasteiger partial charge in [-0.1, -0.05) is 24.3 Å². The fraction of sp³-hybridized carbons (Fsp3) is 0.158. The largest absolute Gasteiger partial charge is 0.497 e. The van der Waals surface area contributed by atoms with Crippen LogP contribution in [0.2, 0.25) is 0 Å². The average Bonchev–Trinajstić information content (AvgIpc) is 2.95. The Kier molecular flexibility index (Phi) is 5.56. The van der Waals surface area contributed by atoms with E-state index in [4.69, 9.17) is 4.74 Å². The Hall–Kier alpha value is -3.13. The van der Waals surface area contributed by atoms with Gasteiger partial charge in [0.25, 0.3) is 10.0 Å². The molecule has 2 N–H and O–H groups in total. The molecular formula is C19H19N3O4S. The van der Waals surface area contributed by atoms with Crippen LogP contribution in [-0.4, -0.2) is 40.4 Å². The molecule has 0 atom stereocenters. The van der Waals surface area contributed by atoms with E-state index in [1.807, 2.05) is 24.3 Å². The monoisotopic (exact) mass is 385 g/mol. The number of fused-ring (bicyclic) bond motifs is 1. The number of aliphatic imine (C=N–C) groups is 1. The number of rotatable bonds is 6. The number of benzene rings is 2. The normalized spacial score (nSPS) is 16.1. The van der Waals surface area contributed by atoms with E-state index >= 15 is 0 Å². The van der Waals surface area contributed by atoms with Crippen LogP contribution in [0.1, 0.15) is 11.1 Å². The van der Waals surface area contributed by atoms with E-state index in [9.17, 15) is 13.2 Å². The minimum Gasteiger partial charge on any atom is -0.497 e. The molecule has 0 radical (unpaired) electrons. The van der Waals surface area contributed by atoms with Crippen LogP contribution in [0.4, 0.5) is 0 Å². The molecule has 0 saturated carbocycles. The molecule has 0 saturated heterocycles. The zero-order valence-corrected chi connectivity index (χ0v) is 15.5. The second-order valence-corrected chi connectivity index (χ2v) is 7.38. The summed E-state index contributed by atoms with van der Waals surface area (Å²) in [6.45, 7) is 0.549. The van der Waals surface area contributed by atoms with Crippen LogP contribution in [0.3, 0.4) is 0 Å². The van der Waals surface area contributed by atoms with E-state index in [1.54, 1.807) is 31.4 Å². The molecule has 0 aliphatic carbocycles. The van der Waals surface area contributed by atoms with Gasteiger partial charge in [0.2, 0.25) is 5.91 Å². The Morgan fingerprint density at radius 1 is 1.19 bits per heavy atom. The van der Waals surface area contributed by atoms with Crippen LogP contribution in [-0.2, 0) is 14.8 Å². The Balaban J connectivity index is 1.52. The number of amidine groups is 1. The van der Waals surface area contributed by atoms with E-state index in [0.29, 0.717) is 17.9 Å². The van der Waals surface area contributed by atoms with Gasteiger partial charge in [0.05, 0.1) is 18.6 Å². The molecule has 7 nitrogen and oxygen atoms in total. The highest BCUT2D eigenvalue weighted by Gasteiger charge is 2.29. The lowest BCUT2D eigenvalue weighted by Crippen LogP contribution is -2.26. The molecule has 8 heteroatoms. The van der Waals surface area contributed by atoms with Crippen molar-refractivity contribution in [2.75, 3.05) is 20.2 Å². The number of hydrogen-bond acceptors (Lipinski definition) is 5. The number of methoxy groups -OCH3 is 1. The summed E-state index contributed by atoms with van der Waals surface area (Å²) in [4.78, 5) is 16.3. The van der Waals surface area contributed by atoms with Gasteiger partial charge in [-0.05, 0) is 35.9 Å². The van der Waals surface area contributed by atoms with Crippen molar-refractivity contribution in [2.24, 2.45) is 4.99 Å². The Bertz CT molecular complexity index is 996. The van der Waals surface area contributed by atoms with Crippen molar-refractivity contribution in [3.05, 3.63) is 65.7 Å². The molecule has 0 unspecified atom stereocenters. The lowest BCUT2D eigenvalue weighted by atomic mass is 10.2. The lowest BCUT2D eigenvalue weighted by molar-refractivity contribution is -0.116. The molecular weight excluding hydrogens is 366 g/mol. The fourth-order valence-corrected chi connectivity index (χ4v) is 3.79. The third-order valence-electron chi connectivity index (χ3n) is 3.89. The van der Waals surface area contributed by atoms with Crippen LogP contribution in [0.15, 0.2) is 64.5 Å². The highest BCUT2D eigenvalue weighted by atomic mass is 32.2. The number of carbonyl (C=O) groups is 1. The summed E-state index contributed by atoms with van der Waals surface area (Å²) in [5.74, 6) is 0.798. The summed E-state index contributed by atoms with van der Waals surface area (Å²) in [6.07, 6.45) is 3.13. The zero-order valence-electron chi connectivity index (χ0n) is 14.7. The highest BCUT2D eigenvalue weighted by Crippen LogP contribution is 2.21. The van der Waals surface area contributed by atoms with Gasteiger partial charge in [0.1, 0.15) is 11.6 Å². The van der Waals surface area contributed by atoms with Gasteiger partial charge in [-0.15, -0.1) is 0 Å². The maximum absolute atomic E-state index is 12.0. The number of sulfonamides is 1. The Labute approximate surface area is 157 Å². The van der Waals surface area contributed by atoms with Crippen molar-refractivity contribution in [1.29, 1.82) is 0 Å². The van der Waals surface area contributed by atoms with Gasteiger partial charge < -0.3 is 10.1 Å².